The lowest BCUT2D eigenvalue weighted by Crippen LogP contribution is -2.32. The van der Waals surface area contributed by atoms with Crippen molar-refractivity contribution in [2.75, 3.05) is 0 Å². The molecular weight excluding hydrogens is 220 g/mol. The number of aryl methyl sites for hydroxylation is 1. The summed E-state index contributed by atoms with van der Waals surface area (Å²) in [6.07, 6.45) is 2.62. The van der Waals surface area contributed by atoms with Gasteiger partial charge in [0.15, 0.2) is 0 Å². The molecule has 1 nitrogen and oxygen atoms in total. The van der Waals surface area contributed by atoms with Crippen LogP contribution >= 0.6 is 0 Å². The van der Waals surface area contributed by atoms with Crippen LogP contribution in [0.1, 0.15) is 50.7 Å². The van der Waals surface area contributed by atoms with E-state index in [1.165, 1.54) is 24.0 Å². The predicted octanol–water partition coefficient (Wildman–Crippen LogP) is 4.49. The van der Waals surface area contributed by atoms with Crippen LogP contribution in [0.2, 0.25) is 0 Å². The average molecular weight is 244 g/mol. The number of fused-ring (bicyclic) bond motifs is 2. The first kappa shape index (κ1) is 12.1. The molecule has 3 rings (SSSR count). The van der Waals surface area contributed by atoms with Crippen molar-refractivity contribution < 1.29 is 5.11 Å². The van der Waals surface area contributed by atoms with Gasteiger partial charge in [0.2, 0.25) is 0 Å². The van der Waals surface area contributed by atoms with Gasteiger partial charge in [-0.25, -0.2) is 0 Å². The van der Waals surface area contributed by atoms with E-state index in [2.05, 4.69) is 33.8 Å². The van der Waals surface area contributed by atoms with E-state index >= 15 is 0 Å². The second-order valence-corrected chi connectivity index (χ2v) is 7.11. The van der Waals surface area contributed by atoms with Crippen LogP contribution in [0.4, 0.5) is 0 Å². The molecule has 0 unspecified atom stereocenters. The van der Waals surface area contributed by atoms with Gasteiger partial charge in [-0.15, -0.1) is 0 Å². The molecule has 1 heteroatoms. The second kappa shape index (κ2) is 3.76. The van der Waals surface area contributed by atoms with Crippen LogP contribution in [0.15, 0.2) is 18.2 Å². The van der Waals surface area contributed by atoms with Crippen molar-refractivity contribution in [1.82, 2.24) is 0 Å². The van der Waals surface area contributed by atoms with Crippen LogP contribution in [0.25, 0.3) is 0 Å². The number of hydrogen-bond donors (Lipinski definition) is 1. The van der Waals surface area contributed by atoms with Gasteiger partial charge in [0.1, 0.15) is 5.75 Å². The quantitative estimate of drug-likeness (QED) is 0.772. The fourth-order valence-corrected chi connectivity index (χ4v) is 4.48. The highest BCUT2D eigenvalue weighted by molar-refractivity contribution is 5.40. The molecule has 0 aromatic heterocycles. The Morgan fingerprint density at radius 2 is 1.94 bits per heavy atom. The molecule has 2 aliphatic rings. The first-order chi connectivity index (χ1) is 8.41. The molecule has 2 bridgehead atoms. The first-order valence-electron chi connectivity index (χ1n) is 7.20. The largest absolute Gasteiger partial charge is 0.508 e. The summed E-state index contributed by atoms with van der Waals surface area (Å²) < 4.78 is 0. The number of phenolic OH excluding ortho intramolecular Hbond substituents is 1. The predicted molar refractivity (Wildman–Crippen MR) is 74.7 cm³/mol. The fraction of sp³-hybridized carbons (Fsp3) is 0.647. The van der Waals surface area contributed by atoms with Crippen molar-refractivity contribution in [2.24, 2.45) is 23.2 Å². The monoisotopic (exact) mass is 244 g/mol. The van der Waals surface area contributed by atoms with Crippen molar-refractivity contribution in [3.63, 3.8) is 0 Å². The minimum Gasteiger partial charge on any atom is -0.508 e. The molecule has 0 spiro atoms. The van der Waals surface area contributed by atoms with Gasteiger partial charge in [0.05, 0.1) is 0 Å². The standard InChI is InChI=1S/C17H24O/c1-10-5-6-16(18)15(7-10)14-9-12-8-13(14)11(2)17(12,3)4/h5-7,11-14,18H,8-9H2,1-4H3/t11-,12+,13+,14-/m0/s1. The third-order valence-electron chi connectivity index (χ3n) is 6.06. The maximum atomic E-state index is 10.1. The minimum atomic E-state index is 0.487. The summed E-state index contributed by atoms with van der Waals surface area (Å²) in [5, 5.41) is 10.1. The summed E-state index contributed by atoms with van der Waals surface area (Å²) in [4.78, 5) is 0. The molecule has 2 fully saturated rings. The Bertz CT molecular complexity index is 470. The lowest BCUT2D eigenvalue weighted by Gasteiger charge is -2.40. The highest BCUT2D eigenvalue weighted by Crippen LogP contribution is 2.64. The Morgan fingerprint density at radius 3 is 2.56 bits per heavy atom. The van der Waals surface area contributed by atoms with E-state index in [0.29, 0.717) is 17.1 Å². The minimum absolute atomic E-state index is 0.487. The van der Waals surface area contributed by atoms with Crippen molar-refractivity contribution in [3.8, 4) is 5.75 Å². The molecule has 1 N–H and O–H groups in total. The third-order valence-corrected chi connectivity index (χ3v) is 6.06. The zero-order valence-corrected chi connectivity index (χ0v) is 11.9. The summed E-state index contributed by atoms with van der Waals surface area (Å²) >= 11 is 0. The number of rotatable bonds is 1. The first-order valence-corrected chi connectivity index (χ1v) is 7.20. The number of hydrogen-bond acceptors (Lipinski definition) is 1. The van der Waals surface area contributed by atoms with Gasteiger partial charge >= 0.3 is 0 Å². The summed E-state index contributed by atoms with van der Waals surface area (Å²) in [5.41, 5.74) is 2.95. The fourth-order valence-electron chi connectivity index (χ4n) is 4.48. The Kier molecular flexibility index (Phi) is 2.52. The molecule has 1 aromatic rings. The molecule has 18 heavy (non-hydrogen) atoms. The van der Waals surface area contributed by atoms with Crippen LogP contribution in [-0.4, -0.2) is 5.11 Å². The van der Waals surface area contributed by atoms with Crippen molar-refractivity contribution in [2.45, 2.75) is 46.5 Å². The van der Waals surface area contributed by atoms with Crippen LogP contribution in [0, 0.1) is 30.1 Å². The second-order valence-electron chi connectivity index (χ2n) is 7.11. The SMILES string of the molecule is Cc1ccc(O)c([C@H]2C[C@H]3C[C@@H]2[C@H](C)C3(C)C)c1. The lowest BCUT2D eigenvalue weighted by molar-refractivity contribution is 0.121. The molecule has 0 aliphatic heterocycles. The smallest absolute Gasteiger partial charge is 0.119 e. The van der Waals surface area contributed by atoms with Crippen LogP contribution in [-0.2, 0) is 0 Å². The molecule has 0 amide bonds. The lowest BCUT2D eigenvalue weighted by atomic mass is 9.65. The molecule has 4 atom stereocenters. The number of benzene rings is 1. The molecule has 2 saturated carbocycles. The Labute approximate surface area is 110 Å². The number of aromatic hydroxyl groups is 1. The summed E-state index contributed by atoms with van der Waals surface area (Å²) in [6, 6.07) is 6.06. The zero-order chi connectivity index (χ0) is 13.1. The normalized spacial score (nSPS) is 37.1. The van der Waals surface area contributed by atoms with Crippen molar-refractivity contribution in [1.29, 1.82) is 0 Å². The topological polar surface area (TPSA) is 20.2 Å². The Balaban J connectivity index is 1.95. The van der Waals surface area contributed by atoms with Crippen LogP contribution in [0.3, 0.4) is 0 Å². The van der Waals surface area contributed by atoms with Gasteiger partial charge in [-0.2, -0.15) is 0 Å². The van der Waals surface area contributed by atoms with Gasteiger partial charge in [-0.05, 0) is 60.5 Å². The molecular formula is C17H24O. The van der Waals surface area contributed by atoms with E-state index in [1.54, 1.807) is 0 Å². The van der Waals surface area contributed by atoms with Gasteiger partial charge in [-0.3, -0.25) is 0 Å². The molecule has 0 radical (unpaired) electrons. The van der Waals surface area contributed by atoms with E-state index in [1.807, 2.05) is 12.1 Å². The summed E-state index contributed by atoms with van der Waals surface area (Å²) in [5.74, 6) is 3.45. The van der Waals surface area contributed by atoms with Gasteiger partial charge in [0, 0.05) is 0 Å². The average Bonchev–Trinajstić information content (AvgIpc) is 2.83. The molecule has 2 aliphatic carbocycles. The Hall–Kier alpha value is -0.980. The third kappa shape index (κ3) is 1.52. The summed E-state index contributed by atoms with van der Waals surface area (Å²) in [6.45, 7) is 9.37. The van der Waals surface area contributed by atoms with E-state index in [0.717, 1.165) is 17.8 Å². The molecule has 1 aromatic carbocycles. The number of phenols is 1. The highest BCUT2D eigenvalue weighted by atomic mass is 16.3. The van der Waals surface area contributed by atoms with Crippen LogP contribution in [0.5, 0.6) is 5.75 Å². The van der Waals surface area contributed by atoms with Gasteiger partial charge < -0.3 is 5.11 Å². The van der Waals surface area contributed by atoms with Gasteiger partial charge in [0.25, 0.3) is 0 Å². The van der Waals surface area contributed by atoms with Crippen molar-refractivity contribution >= 4 is 0 Å². The molecule has 0 heterocycles. The van der Waals surface area contributed by atoms with E-state index < -0.39 is 0 Å². The van der Waals surface area contributed by atoms with Crippen LogP contribution < -0.4 is 0 Å². The van der Waals surface area contributed by atoms with E-state index in [-0.39, 0.29) is 0 Å². The molecule has 0 saturated heterocycles. The van der Waals surface area contributed by atoms with Crippen molar-refractivity contribution in [3.05, 3.63) is 29.3 Å². The summed E-state index contributed by atoms with van der Waals surface area (Å²) in [7, 11) is 0. The Morgan fingerprint density at radius 1 is 1.22 bits per heavy atom. The maximum Gasteiger partial charge on any atom is 0.119 e. The zero-order valence-electron chi connectivity index (χ0n) is 11.9. The van der Waals surface area contributed by atoms with E-state index in [9.17, 15) is 5.11 Å². The maximum absolute atomic E-state index is 10.1. The van der Waals surface area contributed by atoms with Gasteiger partial charge in [-0.1, -0.05) is 38.5 Å². The van der Waals surface area contributed by atoms with E-state index in [4.69, 9.17) is 0 Å². The molecule has 98 valence electrons. The highest BCUT2D eigenvalue weighted by Gasteiger charge is 2.55.